The Labute approximate surface area is 129 Å². The number of aromatic carboxylic acids is 1. The van der Waals surface area contributed by atoms with Crippen LogP contribution in [0.4, 0.5) is 0 Å². The van der Waals surface area contributed by atoms with Crippen LogP contribution in [0.25, 0.3) is 11.0 Å². The van der Waals surface area contributed by atoms with Gasteiger partial charge in [0.25, 0.3) is 0 Å². The Morgan fingerprint density at radius 1 is 1.40 bits per heavy atom. The number of aromatic nitrogens is 3. The largest absolute Gasteiger partial charge is 1.00 e. The van der Waals surface area contributed by atoms with E-state index in [-0.39, 0.29) is 45.8 Å². The minimum atomic E-state index is -1.46. The summed E-state index contributed by atoms with van der Waals surface area (Å²) in [6, 6.07) is 2.94. The van der Waals surface area contributed by atoms with Crippen molar-refractivity contribution in [3.8, 4) is 5.75 Å². The van der Waals surface area contributed by atoms with Crippen LogP contribution in [-0.2, 0) is 31.9 Å². The number of hydrogen-bond donors (Lipinski definition) is 1. The number of ether oxygens (including phenoxy) is 2. The van der Waals surface area contributed by atoms with Crippen molar-refractivity contribution in [3.05, 3.63) is 17.7 Å². The second-order valence-corrected chi connectivity index (χ2v) is 3.53. The van der Waals surface area contributed by atoms with Gasteiger partial charge in [0.15, 0.2) is 6.61 Å². The van der Waals surface area contributed by atoms with Crippen LogP contribution >= 0.6 is 0 Å². The van der Waals surface area contributed by atoms with E-state index in [2.05, 4.69) is 20.1 Å². The molecule has 9 heteroatoms. The first-order valence-electron chi connectivity index (χ1n) is 5.47. The molecule has 1 aromatic heterocycles. The van der Waals surface area contributed by atoms with Gasteiger partial charge in [0, 0.05) is 0 Å². The number of aromatic amines is 1. The van der Waals surface area contributed by atoms with E-state index in [0.29, 0.717) is 5.52 Å². The maximum absolute atomic E-state index is 11.2. The van der Waals surface area contributed by atoms with E-state index in [0.717, 1.165) is 0 Å². The Hall–Kier alpha value is -1.90. The van der Waals surface area contributed by atoms with Crippen molar-refractivity contribution in [2.75, 3.05) is 13.2 Å². The molecule has 0 radical (unpaired) electrons. The molecule has 1 heterocycles. The number of rotatable bonds is 5. The number of carbonyl (C=O) groups is 2. The first-order chi connectivity index (χ1) is 9.13. The average molecular weight is 372 g/mol. The molecule has 1 N–H and O–H groups in total. The summed E-state index contributed by atoms with van der Waals surface area (Å²) in [6.07, 6.45) is 0. The van der Waals surface area contributed by atoms with Gasteiger partial charge in [-0.2, -0.15) is 0 Å². The van der Waals surface area contributed by atoms with E-state index >= 15 is 0 Å². The number of carbonyl (C=O) groups excluding carboxylic acids is 2. The van der Waals surface area contributed by atoms with Gasteiger partial charge in [0.05, 0.1) is 23.7 Å². The van der Waals surface area contributed by atoms with Crippen molar-refractivity contribution >= 4 is 23.0 Å². The second-order valence-electron chi connectivity index (χ2n) is 3.53. The fraction of sp³-hybridized carbons (Fsp3) is 0.273. The number of carboxylic acids is 1. The van der Waals surface area contributed by atoms with Crippen molar-refractivity contribution in [3.63, 3.8) is 0 Å². The zero-order valence-electron chi connectivity index (χ0n) is 10.3. The van der Waals surface area contributed by atoms with Crippen molar-refractivity contribution in [1.29, 1.82) is 0 Å². The third kappa shape index (κ3) is 3.35. The Bertz CT molecular complexity index is 628. The van der Waals surface area contributed by atoms with Crippen LogP contribution in [0.1, 0.15) is 17.3 Å². The number of H-pyrrole nitrogens is 1. The summed E-state index contributed by atoms with van der Waals surface area (Å²) in [5.74, 6) is -2.07. The van der Waals surface area contributed by atoms with E-state index in [9.17, 15) is 14.7 Å². The molecule has 0 aliphatic rings. The van der Waals surface area contributed by atoms with Gasteiger partial charge in [0.2, 0.25) is 0 Å². The van der Waals surface area contributed by atoms with E-state index in [1.165, 1.54) is 6.07 Å². The van der Waals surface area contributed by atoms with Crippen LogP contribution < -0.4 is 9.84 Å². The fourth-order valence-corrected chi connectivity index (χ4v) is 1.55. The summed E-state index contributed by atoms with van der Waals surface area (Å²) in [5, 5.41) is 20.8. The number of nitrogens with zero attached hydrogens (tertiary/aromatic N) is 2. The van der Waals surface area contributed by atoms with Crippen molar-refractivity contribution in [2.45, 2.75) is 6.92 Å². The Morgan fingerprint density at radius 3 is 2.80 bits per heavy atom. The Balaban J connectivity index is 0.00000200. The van der Waals surface area contributed by atoms with E-state index in [1.54, 1.807) is 13.0 Å². The summed E-state index contributed by atoms with van der Waals surface area (Å²) in [5.41, 5.74) is 0.291. The predicted molar refractivity (Wildman–Crippen MR) is 60.3 cm³/mol. The fourth-order valence-electron chi connectivity index (χ4n) is 1.55. The summed E-state index contributed by atoms with van der Waals surface area (Å²) in [4.78, 5) is 22.3. The molecule has 0 aliphatic carbocycles. The minimum absolute atomic E-state index is 0. The molecule has 110 valence electrons. The maximum atomic E-state index is 11.2. The molecule has 0 unspecified atom stereocenters. The number of carboxylic acid groups (broad SMARTS) is 1. The first-order valence-corrected chi connectivity index (χ1v) is 5.47. The van der Waals surface area contributed by atoms with Crippen molar-refractivity contribution in [1.82, 2.24) is 15.4 Å². The van der Waals surface area contributed by atoms with Crippen LogP contribution in [0.3, 0.4) is 0 Å². The van der Waals surface area contributed by atoms with Crippen molar-refractivity contribution < 1.29 is 46.5 Å². The molecule has 0 saturated carbocycles. The predicted octanol–water partition coefficient (Wildman–Crippen LogP) is -0.739. The van der Waals surface area contributed by atoms with E-state index < -0.39 is 18.5 Å². The van der Waals surface area contributed by atoms with Crippen molar-refractivity contribution in [2.24, 2.45) is 0 Å². The molecule has 20 heavy (non-hydrogen) atoms. The monoisotopic (exact) mass is 371 g/mol. The molecule has 2 aromatic rings. The standard InChI is InChI=1S/C11H11N3O5.Ag/c1-2-18-8(15)5-19-7-4-3-6-10(13-14-12-6)9(7)11(16)17;/h3-4H,2,5H2,1H3,(H,16,17)(H,12,13,14);/q;+1/p-1. The SMILES string of the molecule is CCOC(=O)COc1ccc2[nH]nnc2c1C(=O)[O-].[Ag+]. The van der Waals surface area contributed by atoms with Gasteiger partial charge in [-0.25, -0.2) is 4.79 Å². The van der Waals surface area contributed by atoms with Gasteiger partial charge in [0.1, 0.15) is 11.3 Å². The third-order valence-corrected chi connectivity index (χ3v) is 2.32. The molecule has 8 nitrogen and oxygen atoms in total. The summed E-state index contributed by atoms with van der Waals surface area (Å²) in [7, 11) is 0. The quantitative estimate of drug-likeness (QED) is 0.543. The molecule has 0 amide bonds. The summed E-state index contributed by atoms with van der Waals surface area (Å²) in [6.45, 7) is 1.49. The molecule has 0 bridgehead atoms. The molecular weight excluding hydrogens is 362 g/mol. The van der Waals surface area contributed by atoms with Crippen LogP contribution in [0.2, 0.25) is 0 Å². The normalized spacial score (nSPS) is 9.85. The molecule has 0 atom stereocenters. The molecular formula is C11H10AgN3O5. The van der Waals surface area contributed by atoms with Gasteiger partial charge in [-0.05, 0) is 19.1 Å². The number of esters is 1. The molecule has 0 saturated heterocycles. The first kappa shape index (κ1) is 16.2. The molecule has 2 rings (SSSR count). The maximum Gasteiger partial charge on any atom is 1.00 e. The number of nitrogens with one attached hydrogen (secondary N) is 1. The second kappa shape index (κ2) is 7.04. The third-order valence-electron chi connectivity index (χ3n) is 2.32. The number of hydrogen-bond acceptors (Lipinski definition) is 7. The zero-order valence-corrected chi connectivity index (χ0v) is 11.8. The molecule has 0 spiro atoms. The van der Waals surface area contributed by atoms with E-state index in [1.807, 2.05) is 0 Å². The van der Waals surface area contributed by atoms with Gasteiger partial charge < -0.3 is 19.4 Å². The van der Waals surface area contributed by atoms with Crippen LogP contribution in [0.15, 0.2) is 12.1 Å². The average Bonchev–Trinajstić information content (AvgIpc) is 2.83. The van der Waals surface area contributed by atoms with Gasteiger partial charge in [-0.1, -0.05) is 5.21 Å². The number of benzene rings is 1. The summed E-state index contributed by atoms with van der Waals surface area (Å²) >= 11 is 0. The molecule has 0 fully saturated rings. The van der Waals surface area contributed by atoms with Crippen LogP contribution in [0, 0.1) is 0 Å². The van der Waals surface area contributed by atoms with Gasteiger partial charge in [-0.15, -0.1) is 5.10 Å². The molecule has 1 aromatic carbocycles. The van der Waals surface area contributed by atoms with Crippen LogP contribution in [-0.4, -0.2) is 40.6 Å². The zero-order chi connectivity index (χ0) is 13.8. The Kier molecular flexibility index (Phi) is 5.68. The minimum Gasteiger partial charge on any atom is -0.545 e. The number of fused-ring (bicyclic) bond motifs is 1. The smallest absolute Gasteiger partial charge is 0.545 e. The van der Waals surface area contributed by atoms with Gasteiger partial charge >= 0.3 is 28.3 Å². The summed E-state index contributed by atoms with van der Waals surface area (Å²) < 4.78 is 9.79. The van der Waals surface area contributed by atoms with E-state index in [4.69, 9.17) is 4.74 Å². The van der Waals surface area contributed by atoms with Crippen LogP contribution in [0.5, 0.6) is 5.75 Å². The Morgan fingerprint density at radius 2 is 2.15 bits per heavy atom. The van der Waals surface area contributed by atoms with Gasteiger partial charge in [-0.3, -0.25) is 5.10 Å². The topological polar surface area (TPSA) is 117 Å². The molecule has 0 aliphatic heterocycles.